The molecule has 0 aliphatic heterocycles. The molecule has 4 rings (SSSR count). The molecular weight excluding hydrogens is 553 g/mol. The molecule has 14 heteroatoms. The smallest absolute Gasteiger partial charge is 0.263 e. The van der Waals surface area contributed by atoms with E-state index in [0.29, 0.717) is 18.4 Å². The van der Waals surface area contributed by atoms with Crippen molar-refractivity contribution in [3.05, 3.63) is 84.3 Å². The zero-order valence-corrected chi connectivity index (χ0v) is 22.5. The number of nitriles is 1. The molecule has 1 heterocycles. The molecule has 0 radical (unpaired) electrons. The van der Waals surface area contributed by atoms with Crippen LogP contribution in [0.2, 0.25) is 0 Å². The van der Waals surface area contributed by atoms with Crippen LogP contribution in [0.25, 0.3) is 5.70 Å². The molecule has 1 aromatic heterocycles. The van der Waals surface area contributed by atoms with Gasteiger partial charge < -0.3 is 15.5 Å². The number of nitrogens with two attached hydrogens (primary N) is 1. The Bertz CT molecular complexity index is 1710. The number of amides is 2. The van der Waals surface area contributed by atoms with Crippen molar-refractivity contribution in [2.24, 2.45) is 16.3 Å². The number of carbonyl (C=O) groups excluding carboxylic acids is 2. The summed E-state index contributed by atoms with van der Waals surface area (Å²) in [5.74, 6) is 3.84. The third-order valence-electron chi connectivity index (χ3n) is 5.92. The third kappa shape index (κ3) is 6.90. The molecule has 210 valence electrons. The van der Waals surface area contributed by atoms with Crippen molar-refractivity contribution < 1.29 is 27.2 Å². The van der Waals surface area contributed by atoms with Gasteiger partial charge in [-0.25, -0.2) is 22.8 Å². The number of hydrogen-bond donors (Lipinski definition) is 4. The lowest BCUT2D eigenvalue weighted by atomic mass is 10.1. The van der Waals surface area contributed by atoms with Crippen LogP contribution in [0, 0.1) is 22.6 Å². The fraction of sp³-hybridized carbons (Fsp3) is 0.148. The highest BCUT2D eigenvalue weighted by molar-refractivity contribution is 7.92. The number of hydrogen-bond acceptors (Lipinski definition) is 9. The van der Waals surface area contributed by atoms with Gasteiger partial charge in [0.05, 0.1) is 22.3 Å². The van der Waals surface area contributed by atoms with Crippen LogP contribution in [0.3, 0.4) is 0 Å². The number of nitrogens with one attached hydrogen (secondary N) is 3. The Kier molecular flexibility index (Phi) is 8.13. The first-order chi connectivity index (χ1) is 19.4. The normalized spacial score (nSPS) is 13.9. The number of benzene rings is 2. The number of aromatic nitrogens is 1. The molecule has 3 aromatic rings. The number of rotatable bonds is 9. The molecule has 41 heavy (non-hydrogen) atoms. The lowest BCUT2D eigenvalue weighted by Crippen LogP contribution is -2.23. The molecule has 0 unspecified atom stereocenters. The second kappa shape index (κ2) is 11.5. The van der Waals surface area contributed by atoms with Crippen LogP contribution in [-0.4, -0.2) is 31.1 Å². The second-order valence-corrected chi connectivity index (χ2v) is 10.8. The highest BCUT2D eigenvalue weighted by Gasteiger charge is 2.50. The fourth-order valence-electron chi connectivity index (χ4n) is 3.66. The summed E-state index contributed by atoms with van der Waals surface area (Å²) in [5.41, 5.74) is -0.433. The lowest BCUT2D eigenvalue weighted by molar-refractivity contribution is -0.119. The first kappa shape index (κ1) is 28.9. The number of pyridine rings is 1. The van der Waals surface area contributed by atoms with Gasteiger partial charge in [-0.1, -0.05) is 24.8 Å². The van der Waals surface area contributed by atoms with Gasteiger partial charge in [-0.05, 0) is 60.9 Å². The van der Waals surface area contributed by atoms with Crippen LogP contribution in [-0.2, 0) is 24.4 Å². The van der Waals surface area contributed by atoms with E-state index in [2.05, 4.69) is 31.9 Å². The Morgan fingerprint density at radius 1 is 1.12 bits per heavy atom. The van der Waals surface area contributed by atoms with Gasteiger partial charge in [-0.2, -0.15) is 11.2 Å². The van der Waals surface area contributed by atoms with Crippen LogP contribution >= 0.6 is 0 Å². The fourth-order valence-corrected chi connectivity index (χ4v) is 4.70. The molecule has 2 aromatic carbocycles. The molecule has 1 aliphatic rings. The van der Waals surface area contributed by atoms with E-state index in [0.717, 1.165) is 12.1 Å². The summed E-state index contributed by atoms with van der Waals surface area (Å²) in [7, 11) is -4.16. The largest absolute Gasteiger partial charge is 0.389 e. The van der Waals surface area contributed by atoms with Crippen molar-refractivity contribution >= 4 is 50.6 Å². The van der Waals surface area contributed by atoms with Crippen LogP contribution in [0.4, 0.5) is 21.6 Å². The van der Waals surface area contributed by atoms with Gasteiger partial charge in [-0.15, -0.1) is 0 Å². The van der Waals surface area contributed by atoms with Crippen LogP contribution < -0.4 is 21.3 Å². The molecule has 0 spiro atoms. The Hall–Kier alpha value is -5.13. The van der Waals surface area contributed by atoms with E-state index in [-0.39, 0.29) is 45.3 Å². The van der Waals surface area contributed by atoms with E-state index in [1.54, 1.807) is 18.2 Å². The van der Waals surface area contributed by atoms with Crippen LogP contribution in [0.15, 0.2) is 77.1 Å². The van der Waals surface area contributed by atoms with Gasteiger partial charge in [0, 0.05) is 12.6 Å². The lowest BCUT2D eigenvalue weighted by Gasteiger charge is -2.12. The van der Waals surface area contributed by atoms with Gasteiger partial charge in [0.1, 0.15) is 22.7 Å². The SMILES string of the molecule is C=C(/N=C(\ON)c1cccc(NC(C)=O)n1)c1ccc(S(=O)(=O)Nc2cc(F)cc(NC(=O)C3(C#N)CC3)c2)cc1. The molecule has 5 N–H and O–H groups in total. The Labute approximate surface area is 234 Å². The Morgan fingerprint density at radius 3 is 2.41 bits per heavy atom. The second-order valence-electron chi connectivity index (χ2n) is 9.08. The Balaban J connectivity index is 1.49. The summed E-state index contributed by atoms with van der Waals surface area (Å²) in [6, 6.07) is 15.4. The van der Waals surface area contributed by atoms with E-state index in [1.807, 2.05) is 6.07 Å². The van der Waals surface area contributed by atoms with E-state index < -0.39 is 27.2 Å². The summed E-state index contributed by atoms with van der Waals surface area (Å²) in [6.07, 6.45) is 0.808. The minimum absolute atomic E-state index is 0.00811. The molecular formula is C27H24FN7O5S. The van der Waals surface area contributed by atoms with Gasteiger partial charge in [-0.3, -0.25) is 14.3 Å². The van der Waals surface area contributed by atoms with Gasteiger partial charge in [0.15, 0.2) is 0 Å². The van der Waals surface area contributed by atoms with E-state index in [1.165, 1.54) is 37.3 Å². The van der Waals surface area contributed by atoms with Crippen molar-refractivity contribution in [1.82, 2.24) is 4.98 Å². The van der Waals surface area contributed by atoms with Crippen molar-refractivity contribution in [2.75, 3.05) is 15.4 Å². The topological polar surface area (TPSA) is 189 Å². The number of anilines is 3. The summed E-state index contributed by atoms with van der Waals surface area (Å²) < 4.78 is 42.4. The number of nitrogens with zero attached hydrogens (tertiary/aromatic N) is 3. The molecule has 1 saturated carbocycles. The maximum absolute atomic E-state index is 14.2. The van der Waals surface area contributed by atoms with Gasteiger partial charge >= 0.3 is 0 Å². The molecule has 0 bridgehead atoms. The first-order valence-electron chi connectivity index (χ1n) is 12.0. The van der Waals surface area contributed by atoms with Crippen molar-refractivity contribution in [3.8, 4) is 6.07 Å². The molecule has 1 fully saturated rings. The highest BCUT2D eigenvalue weighted by Crippen LogP contribution is 2.45. The molecule has 0 atom stereocenters. The minimum Gasteiger partial charge on any atom is -0.389 e. The summed E-state index contributed by atoms with van der Waals surface area (Å²) >= 11 is 0. The molecule has 2 amide bonds. The quantitative estimate of drug-likeness (QED) is 0.169. The van der Waals surface area contributed by atoms with Crippen molar-refractivity contribution in [1.29, 1.82) is 5.26 Å². The van der Waals surface area contributed by atoms with E-state index in [9.17, 15) is 27.7 Å². The van der Waals surface area contributed by atoms with Crippen LogP contribution in [0.1, 0.15) is 31.0 Å². The van der Waals surface area contributed by atoms with Crippen LogP contribution in [0.5, 0.6) is 0 Å². The maximum Gasteiger partial charge on any atom is 0.263 e. The van der Waals surface area contributed by atoms with Gasteiger partial charge in [0.2, 0.25) is 11.8 Å². The zero-order chi connectivity index (χ0) is 29.8. The minimum atomic E-state index is -4.16. The summed E-state index contributed by atoms with van der Waals surface area (Å²) in [4.78, 5) is 36.7. The molecule has 1 aliphatic carbocycles. The first-order valence-corrected chi connectivity index (χ1v) is 13.5. The maximum atomic E-state index is 14.2. The number of halogens is 1. The number of aliphatic imine (C=N–C) groups is 1. The number of sulfonamides is 1. The van der Waals surface area contributed by atoms with E-state index >= 15 is 0 Å². The summed E-state index contributed by atoms with van der Waals surface area (Å²) in [5, 5.41) is 14.2. The average molecular weight is 578 g/mol. The standard InChI is InChI=1S/C27H24FN7O5S/c1-16(31-25(40-30)23-4-3-5-24(34-23)32-17(2)36)18-6-8-22(9-7-18)41(38,39)35-21-13-19(28)12-20(14-21)33-26(37)27(15-29)10-11-27/h3-9,12-14,35H,1,10-11,30H2,2H3,(H,33,37)(H,32,34,36)/b31-25-. The predicted octanol–water partition coefficient (Wildman–Crippen LogP) is 3.53. The van der Waals surface area contributed by atoms with Crippen molar-refractivity contribution in [2.45, 2.75) is 24.7 Å². The zero-order valence-electron chi connectivity index (χ0n) is 21.6. The predicted molar refractivity (Wildman–Crippen MR) is 149 cm³/mol. The Morgan fingerprint density at radius 2 is 1.80 bits per heavy atom. The number of carbonyl (C=O) groups is 2. The van der Waals surface area contributed by atoms with Gasteiger partial charge in [0.25, 0.3) is 15.9 Å². The monoisotopic (exact) mass is 577 g/mol. The molecule has 12 nitrogen and oxygen atoms in total. The summed E-state index contributed by atoms with van der Waals surface area (Å²) in [6.45, 7) is 5.19. The van der Waals surface area contributed by atoms with Crippen molar-refractivity contribution in [3.63, 3.8) is 0 Å². The average Bonchev–Trinajstić information content (AvgIpc) is 3.72. The van der Waals surface area contributed by atoms with E-state index in [4.69, 9.17) is 10.7 Å². The molecule has 0 saturated heterocycles. The highest BCUT2D eigenvalue weighted by atomic mass is 32.2. The third-order valence-corrected chi connectivity index (χ3v) is 7.32.